The molecule has 0 fully saturated rings. The summed E-state index contributed by atoms with van der Waals surface area (Å²) >= 11 is 0. The van der Waals surface area contributed by atoms with Gasteiger partial charge in [-0.3, -0.25) is 9.69 Å². The fourth-order valence-corrected chi connectivity index (χ4v) is 5.22. The van der Waals surface area contributed by atoms with E-state index >= 15 is 0 Å². The molecule has 1 atom stereocenters. The first kappa shape index (κ1) is 32.5. The molecule has 4 rings (SSSR count). The molecule has 0 radical (unpaired) electrons. The SMILES string of the molecule is COCCCN(CC(=O)N(CCc1c[nH]c2ccccc12)Cc1ccc(C(C)(C)C)cc1)C[C@H](O)COCc1ccco1. The summed E-state index contributed by atoms with van der Waals surface area (Å²) in [5.41, 5.74) is 4.71. The van der Waals surface area contributed by atoms with Gasteiger partial charge in [0, 0.05) is 57.0 Å². The van der Waals surface area contributed by atoms with Crippen molar-refractivity contribution in [2.75, 3.05) is 46.5 Å². The van der Waals surface area contributed by atoms with E-state index in [-0.39, 0.29) is 24.5 Å². The Morgan fingerprint density at radius 3 is 2.56 bits per heavy atom. The van der Waals surface area contributed by atoms with E-state index in [4.69, 9.17) is 13.9 Å². The fourth-order valence-electron chi connectivity index (χ4n) is 5.22. The largest absolute Gasteiger partial charge is 0.467 e. The van der Waals surface area contributed by atoms with Crippen molar-refractivity contribution in [3.8, 4) is 0 Å². The molecule has 0 saturated carbocycles. The maximum absolute atomic E-state index is 13.9. The highest BCUT2D eigenvalue weighted by Gasteiger charge is 2.21. The van der Waals surface area contributed by atoms with Crippen molar-refractivity contribution in [2.45, 2.75) is 58.3 Å². The van der Waals surface area contributed by atoms with Gasteiger partial charge in [0.25, 0.3) is 0 Å². The van der Waals surface area contributed by atoms with Crippen molar-refractivity contribution in [3.63, 3.8) is 0 Å². The Hall–Kier alpha value is -3.43. The number of aromatic amines is 1. The van der Waals surface area contributed by atoms with Gasteiger partial charge in [-0.15, -0.1) is 0 Å². The second-order valence-electron chi connectivity index (χ2n) is 12.2. The van der Waals surface area contributed by atoms with E-state index in [0.717, 1.165) is 23.9 Å². The summed E-state index contributed by atoms with van der Waals surface area (Å²) < 4.78 is 16.2. The molecule has 8 heteroatoms. The minimum atomic E-state index is -0.741. The molecule has 0 unspecified atom stereocenters. The molecule has 232 valence electrons. The number of nitrogens with one attached hydrogen (secondary N) is 1. The Balaban J connectivity index is 1.44. The summed E-state index contributed by atoms with van der Waals surface area (Å²) in [6, 6.07) is 20.5. The predicted octanol–water partition coefficient (Wildman–Crippen LogP) is 5.55. The van der Waals surface area contributed by atoms with Gasteiger partial charge >= 0.3 is 0 Å². The van der Waals surface area contributed by atoms with Gasteiger partial charge in [0.15, 0.2) is 0 Å². The van der Waals surface area contributed by atoms with Gasteiger partial charge in [-0.25, -0.2) is 0 Å². The molecule has 0 aliphatic rings. The lowest BCUT2D eigenvalue weighted by molar-refractivity contribution is -0.133. The topological polar surface area (TPSA) is 91.2 Å². The highest BCUT2D eigenvalue weighted by molar-refractivity contribution is 5.83. The number of furan rings is 1. The molecule has 2 aromatic heterocycles. The van der Waals surface area contributed by atoms with Crippen LogP contribution < -0.4 is 0 Å². The highest BCUT2D eigenvalue weighted by atomic mass is 16.5. The first-order chi connectivity index (χ1) is 20.7. The highest BCUT2D eigenvalue weighted by Crippen LogP contribution is 2.23. The fraction of sp³-hybridized carbons (Fsp3) is 0.457. The normalized spacial score (nSPS) is 12.7. The summed E-state index contributed by atoms with van der Waals surface area (Å²) in [6.45, 7) is 9.90. The number of benzene rings is 2. The van der Waals surface area contributed by atoms with E-state index in [0.29, 0.717) is 45.2 Å². The number of hydrogen-bond acceptors (Lipinski definition) is 6. The molecule has 4 aromatic rings. The second kappa shape index (κ2) is 15.9. The molecule has 8 nitrogen and oxygen atoms in total. The molecule has 0 aliphatic carbocycles. The number of hydrogen-bond donors (Lipinski definition) is 2. The van der Waals surface area contributed by atoms with Crippen LogP contribution >= 0.6 is 0 Å². The van der Waals surface area contributed by atoms with Gasteiger partial charge in [0.05, 0.1) is 25.5 Å². The van der Waals surface area contributed by atoms with Crippen molar-refractivity contribution >= 4 is 16.8 Å². The van der Waals surface area contributed by atoms with E-state index < -0.39 is 6.10 Å². The Morgan fingerprint density at radius 2 is 1.84 bits per heavy atom. The maximum Gasteiger partial charge on any atom is 0.237 e. The van der Waals surface area contributed by atoms with Gasteiger partial charge in [0.2, 0.25) is 5.91 Å². The van der Waals surface area contributed by atoms with Crippen LogP contribution in [0.5, 0.6) is 0 Å². The number of fused-ring (bicyclic) bond motifs is 1. The van der Waals surface area contributed by atoms with Crippen LogP contribution in [-0.2, 0) is 39.3 Å². The van der Waals surface area contributed by atoms with Crippen molar-refractivity contribution < 1.29 is 23.8 Å². The molecular weight excluding hydrogens is 542 g/mol. The Bertz CT molecular complexity index is 1370. The number of aromatic nitrogens is 1. The average molecular weight is 590 g/mol. The summed E-state index contributed by atoms with van der Waals surface area (Å²) in [5.74, 6) is 0.738. The molecule has 0 saturated heterocycles. The first-order valence-corrected chi connectivity index (χ1v) is 15.1. The van der Waals surface area contributed by atoms with E-state index in [1.165, 1.54) is 16.5 Å². The number of nitrogens with zero attached hydrogens (tertiary/aromatic N) is 2. The van der Waals surface area contributed by atoms with E-state index in [9.17, 15) is 9.90 Å². The van der Waals surface area contributed by atoms with Crippen LogP contribution in [0.2, 0.25) is 0 Å². The van der Waals surface area contributed by atoms with Gasteiger partial charge < -0.3 is 28.9 Å². The second-order valence-corrected chi connectivity index (χ2v) is 12.2. The van der Waals surface area contributed by atoms with Crippen LogP contribution in [0.1, 0.15) is 49.6 Å². The molecule has 0 aliphatic heterocycles. The monoisotopic (exact) mass is 589 g/mol. The van der Waals surface area contributed by atoms with Crippen molar-refractivity contribution in [1.29, 1.82) is 0 Å². The molecule has 2 heterocycles. The van der Waals surface area contributed by atoms with Crippen molar-refractivity contribution in [1.82, 2.24) is 14.8 Å². The first-order valence-electron chi connectivity index (χ1n) is 15.1. The van der Waals surface area contributed by atoms with Crippen LogP contribution in [0.4, 0.5) is 0 Å². The van der Waals surface area contributed by atoms with Crippen LogP contribution in [0.3, 0.4) is 0 Å². The van der Waals surface area contributed by atoms with Crippen molar-refractivity contribution in [3.05, 3.63) is 95.6 Å². The van der Waals surface area contributed by atoms with Gasteiger partial charge in [-0.1, -0.05) is 63.2 Å². The van der Waals surface area contributed by atoms with Crippen LogP contribution in [0.15, 0.2) is 77.5 Å². The maximum atomic E-state index is 13.9. The number of carbonyl (C=O) groups is 1. The van der Waals surface area contributed by atoms with Gasteiger partial charge in [-0.2, -0.15) is 0 Å². The quantitative estimate of drug-likeness (QED) is 0.157. The lowest BCUT2D eigenvalue weighted by atomic mass is 9.87. The number of aliphatic hydroxyl groups excluding tert-OH is 1. The lowest BCUT2D eigenvalue weighted by Gasteiger charge is -2.29. The number of rotatable bonds is 17. The number of H-pyrrole nitrogens is 1. The van der Waals surface area contributed by atoms with Gasteiger partial charge in [0.1, 0.15) is 12.4 Å². The number of carbonyl (C=O) groups excluding carboxylic acids is 1. The molecule has 43 heavy (non-hydrogen) atoms. The van der Waals surface area contributed by atoms with E-state index in [2.05, 4.69) is 62.2 Å². The number of ether oxygens (including phenoxy) is 2. The summed E-state index contributed by atoms with van der Waals surface area (Å²) in [7, 11) is 1.67. The number of para-hydroxylation sites is 1. The predicted molar refractivity (Wildman–Crippen MR) is 170 cm³/mol. The zero-order valence-electron chi connectivity index (χ0n) is 26.1. The van der Waals surface area contributed by atoms with E-state index in [1.807, 2.05) is 40.3 Å². The molecule has 0 spiro atoms. The molecular formula is C35H47N3O5. The molecule has 2 N–H and O–H groups in total. The average Bonchev–Trinajstić information content (AvgIpc) is 3.65. The third-order valence-electron chi connectivity index (χ3n) is 7.66. The van der Waals surface area contributed by atoms with Crippen LogP contribution in [0, 0.1) is 0 Å². The lowest BCUT2D eigenvalue weighted by Crippen LogP contribution is -2.44. The zero-order chi connectivity index (χ0) is 30.7. The third-order valence-corrected chi connectivity index (χ3v) is 7.66. The molecule has 2 aromatic carbocycles. The Kier molecular flexibility index (Phi) is 12.0. The number of methoxy groups -OCH3 is 1. The van der Waals surface area contributed by atoms with Crippen LogP contribution in [-0.4, -0.2) is 78.4 Å². The zero-order valence-corrected chi connectivity index (χ0v) is 26.1. The molecule has 1 amide bonds. The Morgan fingerprint density at radius 1 is 1.05 bits per heavy atom. The summed E-state index contributed by atoms with van der Waals surface area (Å²) in [5, 5.41) is 11.9. The molecule has 0 bridgehead atoms. The van der Waals surface area contributed by atoms with Gasteiger partial charge in [-0.05, 0) is 53.1 Å². The van der Waals surface area contributed by atoms with Crippen LogP contribution in [0.25, 0.3) is 10.9 Å². The summed E-state index contributed by atoms with van der Waals surface area (Å²) in [4.78, 5) is 21.2. The Labute approximate surface area is 255 Å². The van der Waals surface area contributed by atoms with Crippen molar-refractivity contribution in [2.24, 2.45) is 0 Å². The third kappa shape index (κ3) is 10.1. The minimum Gasteiger partial charge on any atom is -0.467 e. The minimum absolute atomic E-state index is 0.0286. The number of aliphatic hydroxyl groups is 1. The van der Waals surface area contributed by atoms with E-state index in [1.54, 1.807) is 13.4 Å². The smallest absolute Gasteiger partial charge is 0.237 e. The standard InChI is InChI=1S/C35H47N3O5/c1-35(2,3)29-14-12-27(13-15-29)22-38(18-16-28-21-36-33-11-6-5-10-32(28)33)34(40)24-37(17-8-19-41-4)23-30(39)25-42-26-31-9-7-20-43-31/h5-7,9-15,20-21,30,36,39H,8,16-19,22-26H2,1-4H3/t30-/m0/s1. The number of amides is 1. The summed E-state index contributed by atoms with van der Waals surface area (Å²) in [6.07, 6.45) is 4.40.